The second kappa shape index (κ2) is 4.46. The molecular formula is C15H15NO2S. The summed E-state index contributed by atoms with van der Waals surface area (Å²) in [6.45, 7) is 1.95. The van der Waals surface area contributed by atoms with Gasteiger partial charge >= 0.3 is 5.97 Å². The molecule has 1 heterocycles. The summed E-state index contributed by atoms with van der Waals surface area (Å²) in [5.74, 6) is -0.719. The largest absolute Gasteiger partial charge is 0.481 e. The van der Waals surface area contributed by atoms with Crippen LogP contribution in [0.3, 0.4) is 0 Å². The average Bonchev–Trinajstić information content (AvgIpc) is 2.96. The van der Waals surface area contributed by atoms with Crippen LogP contribution < -0.4 is 0 Å². The van der Waals surface area contributed by atoms with Crippen LogP contribution in [0.25, 0.3) is 0 Å². The van der Waals surface area contributed by atoms with Gasteiger partial charge in [0.2, 0.25) is 0 Å². The van der Waals surface area contributed by atoms with Gasteiger partial charge in [0.25, 0.3) is 0 Å². The van der Waals surface area contributed by atoms with Gasteiger partial charge in [-0.25, -0.2) is 4.98 Å². The van der Waals surface area contributed by atoms with Crippen molar-refractivity contribution in [3.8, 4) is 0 Å². The highest BCUT2D eigenvalue weighted by Gasteiger charge is 2.45. The summed E-state index contributed by atoms with van der Waals surface area (Å²) in [5, 5.41) is 10.8. The van der Waals surface area contributed by atoms with E-state index in [0.717, 1.165) is 21.9 Å². The zero-order chi connectivity index (χ0) is 13.5. The van der Waals surface area contributed by atoms with Crippen molar-refractivity contribution in [2.75, 3.05) is 0 Å². The van der Waals surface area contributed by atoms with Gasteiger partial charge in [-0.15, -0.1) is 11.3 Å². The van der Waals surface area contributed by atoms with Gasteiger partial charge in [0.05, 0.1) is 10.4 Å². The molecule has 1 aromatic carbocycles. The summed E-state index contributed by atoms with van der Waals surface area (Å²) in [7, 11) is 0. The fraction of sp³-hybridized carbons (Fsp3) is 0.333. The molecule has 0 fully saturated rings. The van der Waals surface area contributed by atoms with E-state index in [4.69, 9.17) is 0 Å². The molecule has 19 heavy (non-hydrogen) atoms. The second-order valence-electron chi connectivity index (χ2n) is 5.07. The van der Waals surface area contributed by atoms with Gasteiger partial charge in [0.1, 0.15) is 0 Å². The first kappa shape index (κ1) is 12.4. The minimum Gasteiger partial charge on any atom is -0.481 e. The minimum atomic E-state index is -0.768. The highest BCUT2D eigenvalue weighted by atomic mass is 32.1. The molecule has 0 amide bonds. The van der Waals surface area contributed by atoms with Crippen LogP contribution in [0, 0.1) is 6.92 Å². The van der Waals surface area contributed by atoms with Gasteiger partial charge in [-0.2, -0.15) is 0 Å². The van der Waals surface area contributed by atoms with Crippen LogP contribution in [-0.2, 0) is 23.1 Å². The van der Waals surface area contributed by atoms with Crippen molar-refractivity contribution in [1.29, 1.82) is 0 Å². The number of hydrogen-bond donors (Lipinski definition) is 1. The Morgan fingerprint density at radius 3 is 2.95 bits per heavy atom. The number of rotatable bonds is 3. The van der Waals surface area contributed by atoms with Crippen molar-refractivity contribution < 1.29 is 9.90 Å². The normalized spacial score (nSPS) is 21.3. The standard InChI is InChI=1S/C15H15NO2S/c1-10-16-9-12(19-10)8-15(14(17)18)7-6-11-4-2-3-5-13(11)15/h2-5,9H,6-8H2,1H3,(H,17,18). The summed E-state index contributed by atoms with van der Waals surface area (Å²) < 4.78 is 0. The van der Waals surface area contributed by atoms with Crippen LogP contribution in [-0.4, -0.2) is 16.1 Å². The summed E-state index contributed by atoms with van der Waals surface area (Å²) >= 11 is 1.59. The van der Waals surface area contributed by atoms with Crippen LogP contribution in [0.4, 0.5) is 0 Å². The van der Waals surface area contributed by atoms with Gasteiger partial charge in [-0.1, -0.05) is 24.3 Å². The molecule has 0 radical (unpaired) electrons. The Balaban J connectivity index is 2.04. The van der Waals surface area contributed by atoms with Gasteiger partial charge in [-0.3, -0.25) is 4.79 Å². The first-order chi connectivity index (χ1) is 9.12. The van der Waals surface area contributed by atoms with Crippen molar-refractivity contribution in [2.45, 2.75) is 31.6 Å². The zero-order valence-corrected chi connectivity index (χ0v) is 11.5. The summed E-state index contributed by atoms with van der Waals surface area (Å²) in [4.78, 5) is 17.2. The van der Waals surface area contributed by atoms with E-state index in [1.807, 2.05) is 37.4 Å². The molecule has 3 nitrogen and oxygen atoms in total. The molecular weight excluding hydrogens is 258 g/mol. The molecule has 1 aliphatic carbocycles. The maximum Gasteiger partial charge on any atom is 0.314 e. The fourth-order valence-corrected chi connectivity index (χ4v) is 3.86. The molecule has 1 N–H and O–H groups in total. The number of carboxylic acids is 1. The molecule has 1 atom stereocenters. The molecule has 0 aliphatic heterocycles. The Morgan fingerprint density at radius 2 is 2.26 bits per heavy atom. The summed E-state index contributed by atoms with van der Waals surface area (Å²) in [6, 6.07) is 7.91. The zero-order valence-electron chi connectivity index (χ0n) is 10.7. The molecule has 0 spiro atoms. The molecule has 98 valence electrons. The lowest BCUT2D eigenvalue weighted by Gasteiger charge is -2.24. The smallest absolute Gasteiger partial charge is 0.314 e. The summed E-state index contributed by atoms with van der Waals surface area (Å²) in [5.41, 5.74) is 1.38. The first-order valence-corrected chi connectivity index (χ1v) is 7.16. The third-order valence-electron chi connectivity index (χ3n) is 3.91. The Bertz CT molecular complexity index is 635. The molecule has 1 aromatic heterocycles. The van der Waals surface area contributed by atoms with Crippen molar-refractivity contribution in [3.63, 3.8) is 0 Å². The number of benzene rings is 1. The Hall–Kier alpha value is -1.68. The number of carboxylic acid groups (broad SMARTS) is 1. The quantitative estimate of drug-likeness (QED) is 0.935. The molecule has 0 saturated heterocycles. The van der Waals surface area contributed by atoms with Crippen molar-refractivity contribution in [1.82, 2.24) is 4.98 Å². The maximum atomic E-state index is 11.9. The van der Waals surface area contributed by atoms with E-state index in [0.29, 0.717) is 12.8 Å². The number of thiazole rings is 1. The molecule has 1 aliphatic rings. The van der Waals surface area contributed by atoms with E-state index in [1.54, 1.807) is 11.3 Å². The Morgan fingerprint density at radius 1 is 1.47 bits per heavy atom. The molecule has 4 heteroatoms. The van der Waals surface area contributed by atoms with Crippen LogP contribution in [0.15, 0.2) is 30.5 Å². The van der Waals surface area contributed by atoms with Gasteiger partial charge in [0.15, 0.2) is 0 Å². The lowest BCUT2D eigenvalue weighted by Crippen LogP contribution is -2.35. The lowest BCUT2D eigenvalue weighted by molar-refractivity contribution is -0.143. The van der Waals surface area contributed by atoms with E-state index < -0.39 is 11.4 Å². The number of nitrogens with zero attached hydrogens (tertiary/aromatic N) is 1. The molecule has 1 unspecified atom stereocenters. The first-order valence-electron chi connectivity index (χ1n) is 6.35. The van der Waals surface area contributed by atoms with Gasteiger partial charge in [-0.05, 0) is 30.9 Å². The van der Waals surface area contributed by atoms with Crippen LogP contribution in [0.1, 0.15) is 27.4 Å². The lowest BCUT2D eigenvalue weighted by atomic mass is 9.78. The van der Waals surface area contributed by atoms with Gasteiger partial charge in [0, 0.05) is 17.5 Å². The number of aliphatic carboxylic acids is 1. The van der Waals surface area contributed by atoms with Crippen molar-refractivity contribution in [3.05, 3.63) is 51.5 Å². The second-order valence-corrected chi connectivity index (χ2v) is 6.39. The van der Waals surface area contributed by atoms with Gasteiger partial charge < -0.3 is 5.11 Å². The molecule has 3 rings (SSSR count). The van der Waals surface area contributed by atoms with Crippen LogP contribution in [0.2, 0.25) is 0 Å². The average molecular weight is 273 g/mol. The van der Waals surface area contributed by atoms with Crippen molar-refractivity contribution in [2.24, 2.45) is 0 Å². The SMILES string of the molecule is Cc1ncc(CC2(C(=O)O)CCc3ccccc32)s1. The van der Waals surface area contributed by atoms with E-state index in [2.05, 4.69) is 4.98 Å². The minimum absolute atomic E-state index is 0.546. The Kier molecular flexibility index (Phi) is 2.90. The topological polar surface area (TPSA) is 50.2 Å². The third-order valence-corrected chi connectivity index (χ3v) is 4.82. The number of carbonyl (C=O) groups is 1. The van der Waals surface area contributed by atoms with E-state index in [9.17, 15) is 9.90 Å². The van der Waals surface area contributed by atoms with E-state index in [-0.39, 0.29) is 0 Å². The molecule has 0 bridgehead atoms. The highest BCUT2D eigenvalue weighted by Crippen LogP contribution is 2.42. The number of aromatic nitrogens is 1. The van der Waals surface area contributed by atoms with Crippen LogP contribution >= 0.6 is 11.3 Å². The predicted octanol–water partition coefficient (Wildman–Crippen LogP) is 2.96. The highest BCUT2D eigenvalue weighted by molar-refractivity contribution is 7.11. The fourth-order valence-electron chi connectivity index (χ4n) is 2.95. The summed E-state index contributed by atoms with van der Waals surface area (Å²) in [6.07, 6.45) is 3.88. The van der Waals surface area contributed by atoms with E-state index >= 15 is 0 Å². The Labute approximate surface area is 115 Å². The number of hydrogen-bond acceptors (Lipinski definition) is 3. The number of fused-ring (bicyclic) bond motifs is 1. The third kappa shape index (κ3) is 1.96. The monoisotopic (exact) mass is 273 g/mol. The number of aryl methyl sites for hydroxylation is 2. The van der Waals surface area contributed by atoms with Crippen LogP contribution in [0.5, 0.6) is 0 Å². The molecule has 0 saturated carbocycles. The van der Waals surface area contributed by atoms with Crippen molar-refractivity contribution >= 4 is 17.3 Å². The predicted molar refractivity (Wildman–Crippen MR) is 74.6 cm³/mol. The molecule has 2 aromatic rings. The van der Waals surface area contributed by atoms with E-state index in [1.165, 1.54) is 5.56 Å². The maximum absolute atomic E-state index is 11.9.